The molecule has 1 unspecified atom stereocenters. The van der Waals surface area contributed by atoms with Crippen molar-refractivity contribution >= 4 is 33.1 Å². The molecule has 7 heteroatoms. The van der Waals surface area contributed by atoms with Crippen LogP contribution < -0.4 is 10.0 Å². The molecule has 0 bridgehead atoms. The van der Waals surface area contributed by atoms with E-state index < -0.39 is 10.0 Å². The van der Waals surface area contributed by atoms with E-state index >= 15 is 0 Å². The Balaban J connectivity index is 2.04. The number of thiophene rings is 1. The molecule has 102 valence electrons. The molecule has 1 fully saturated rings. The Hall–Kier alpha value is -0.0800. The molecular formula is C11H18N2O2S3. The molecule has 2 heterocycles. The van der Waals surface area contributed by atoms with Crippen LogP contribution in [-0.2, 0) is 16.6 Å². The zero-order chi connectivity index (χ0) is 13.0. The number of hydrogen-bond donors (Lipinski definition) is 2. The smallest absolute Gasteiger partial charge is 0.241 e. The zero-order valence-corrected chi connectivity index (χ0v) is 12.8. The van der Waals surface area contributed by atoms with Gasteiger partial charge in [-0.25, -0.2) is 13.1 Å². The molecule has 1 aliphatic heterocycles. The molecule has 2 N–H and O–H groups in total. The molecule has 1 saturated heterocycles. The van der Waals surface area contributed by atoms with E-state index in [0.717, 1.165) is 29.2 Å². The minimum atomic E-state index is -3.34. The highest BCUT2D eigenvalue weighted by atomic mass is 32.2. The van der Waals surface area contributed by atoms with Crippen molar-refractivity contribution in [2.45, 2.75) is 30.3 Å². The maximum atomic E-state index is 12.2. The summed E-state index contributed by atoms with van der Waals surface area (Å²) in [5, 5.41) is 4.74. The second kappa shape index (κ2) is 6.38. The molecule has 18 heavy (non-hydrogen) atoms. The highest BCUT2D eigenvalue weighted by Crippen LogP contribution is 2.22. The third-order valence-electron chi connectivity index (χ3n) is 2.77. The lowest BCUT2D eigenvalue weighted by atomic mass is 10.2. The topological polar surface area (TPSA) is 58.2 Å². The van der Waals surface area contributed by atoms with Crippen LogP contribution in [0.15, 0.2) is 16.3 Å². The molecule has 0 aromatic carbocycles. The fourth-order valence-corrected chi connectivity index (χ4v) is 5.62. The Labute approximate surface area is 117 Å². The molecule has 1 atom stereocenters. The van der Waals surface area contributed by atoms with Crippen LogP contribution in [0.5, 0.6) is 0 Å². The maximum absolute atomic E-state index is 12.2. The van der Waals surface area contributed by atoms with Crippen molar-refractivity contribution in [3.05, 3.63) is 16.3 Å². The van der Waals surface area contributed by atoms with E-state index in [1.54, 1.807) is 11.4 Å². The number of sulfonamides is 1. The standard InChI is InChI=1S/C11H18N2O2S3/c1-12-6-10-5-11(8-17-10)18(14,15)13-9-3-2-4-16-7-9/h5,8-9,12-13H,2-4,6-7H2,1H3. The first-order valence-electron chi connectivity index (χ1n) is 5.94. The molecule has 0 amide bonds. The van der Waals surface area contributed by atoms with E-state index in [9.17, 15) is 8.42 Å². The van der Waals surface area contributed by atoms with E-state index in [1.165, 1.54) is 11.3 Å². The van der Waals surface area contributed by atoms with E-state index in [4.69, 9.17) is 0 Å². The summed E-state index contributed by atoms with van der Waals surface area (Å²) in [6, 6.07) is 1.83. The van der Waals surface area contributed by atoms with Gasteiger partial charge in [0.2, 0.25) is 10.0 Å². The van der Waals surface area contributed by atoms with Crippen LogP contribution in [0.1, 0.15) is 17.7 Å². The largest absolute Gasteiger partial charge is 0.315 e. The molecule has 4 nitrogen and oxygen atoms in total. The molecule has 1 aromatic heterocycles. The van der Waals surface area contributed by atoms with Gasteiger partial charge in [-0.2, -0.15) is 11.8 Å². The summed E-state index contributed by atoms with van der Waals surface area (Å²) < 4.78 is 27.2. The molecule has 1 aliphatic rings. The summed E-state index contributed by atoms with van der Waals surface area (Å²) in [6.07, 6.45) is 2.03. The number of hydrogen-bond acceptors (Lipinski definition) is 5. The molecular weight excluding hydrogens is 288 g/mol. The lowest BCUT2D eigenvalue weighted by molar-refractivity contribution is 0.543. The monoisotopic (exact) mass is 306 g/mol. The average molecular weight is 306 g/mol. The van der Waals surface area contributed by atoms with Crippen LogP contribution in [0.25, 0.3) is 0 Å². The van der Waals surface area contributed by atoms with Gasteiger partial charge in [0.1, 0.15) is 0 Å². The van der Waals surface area contributed by atoms with Crippen molar-refractivity contribution in [2.75, 3.05) is 18.6 Å². The van der Waals surface area contributed by atoms with Gasteiger partial charge in [0, 0.05) is 28.6 Å². The fourth-order valence-electron chi connectivity index (χ4n) is 1.89. The van der Waals surface area contributed by atoms with Crippen LogP contribution in [0.2, 0.25) is 0 Å². The van der Waals surface area contributed by atoms with Gasteiger partial charge < -0.3 is 5.32 Å². The minimum absolute atomic E-state index is 0.0846. The molecule has 0 spiro atoms. The molecule has 0 radical (unpaired) electrons. The summed E-state index contributed by atoms with van der Waals surface area (Å²) >= 11 is 3.29. The third kappa shape index (κ3) is 3.71. The highest BCUT2D eigenvalue weighted by Gasteiger charge is 2.22. The van der Waals surface area contributed by atoms with Crippen LogP contribution in [0.3, 0.4) is 0 Å². The maximum Gasteiger partial charge on any atom is 0.241 e. The Kier molecular flexibility index (Phi) is 5.08. The predicted molar refractivity (Wildman–Crippen MR) is 77.8 cm³/mol. The zero-order valence-electron chi connectivity index (χ0n) is 10.3. The van der Waals surface area contributed by atoms with E-state index in [2.05, 4.69) is 10.0 Å². The molecule has 0 aliphatic carbocycles. The Morgan fingerprint density at radius 3 is 3.00 bits per heavy atom. The number of thioether (sulfide) groups is 1. The van der Waals surface area contributed by atoms with Gasteiger partial charge in [0.15, 0.2) is 0 Å². The van der Waals surface area contributed by atoms with Crippen LogP contribution >= 0.6 is 23.1 Å². The van der Waals surface area contributed by atoms with Gasteiger partial charge >= 0.3 is 0 Å². The second-order valence-corrected chi connectivity index (χ2v) is 8.17. The van der Waals surface area contributed by atoms with E-state index in [-0.39, 0.29) is 6.04 Å². The average Bonchev–Trinajstić information content (AvgIpc) is 2.80. The Morgan fingerprint density at radius 2 is 2.33 bits per heavy atom. The first-order valence-corrected chi connectivity index (χ1v) is 9.45. The second-order valence-electron chi connectivity index (χ2n) is 4.31. The first kappa shape index (κ1) is 14.3. The van der Waals surface area contributed by atoms with E-state index in [1.807, 2.05) is 18.8 Å². The highest BCUT2D eigenvalue weighted by molar-refractivity contribution is 7.99. The molecule has 2 rings (SSSR count). The van der Waals surface area contributed by atoms with Gasteiger partial charge in [0.25, 0.3) is 0 Å². The third-order valence-corrected chi connectivity index (χ3v) is 6.57. The number of rotatable bonds is 5. The lowest BCUT2D eigenvalue weighted by Gasteiger charge is -2.21. The molecule has 1 aromatic rings. The van der Waals surface area contributed by atoms with Crippen LogP contribution in [0, 0.1) is 0 Å². The van der Waals surface area contributed by atoms with Crippen molar-refractivity contribution in [3.63, 3.8) is 0 Å². The van der Waals surface area contributed by atoms with Crippen LogP contribution in [-0.4, -0.2) is 33.0 Å². The van der Waals surface area contributed by atoms with Crippen molar-refractivity contribution in [2.24, 2.45) is 0 Å². The summed E-state index contributed by atoms with van der Waals surface area (Å²) in [5.41, 5.74) is 0. The number of nitrogens with one attached hydrogen (secondary N) is 2. The van der Waals surface area contributed by atoms with E-state index in [0.29, 0.717) is 11.4 Å². The Bertz CT molecular complexity index is 478. The summed E-state index contributed by atoms with van der Waals surface area (Å²) in [7, 11) is -1.49. The van der Waals surface area contributed by atoms with Gasteiger partial charge in [-0.05, 0) is 31.7 Å². The summed E-state index contributed by atoms with van der Waals surface area (Å²) in [6.45, 7) is 0.708. The van der Waals surface area contributed by atoms with Gasteiger partial charge in [0.05, 0.1) is 4.90 Å². The summed E-state index contributed by atoms with van der Waals surface area (Å²) in [5.74, 6) is 2.02. The lowest BCUT2D eigenvalue weighted by Crippen LogP contribution is -2.38. The molecule has 0 saturated carbocycles. The van der Waals surface area contributed by atoms with Crippen molar-refractivity contribution in [3.8, 4) is 0 Å². The van der Waals surface area contributed by atoms with Gasteiger partial charge in [-0.3, -0.25) is 0 Å². The van der Waals surface area contributed by atoms with Crippen molar-refractivity contribution in [1.82, 2.24) is 10.0 Å². The Morgan fingerprint density at radius 1 is 1.50 bits per heavy atom. The summed E-state index contributed by atoms with van der Waals surface area (Å²) in [4.78, 5) is 1.43. The fraction of sp³-hybridized carbons (Fsp3) is 0.636. The van der Waals surface area contributed by atoms with Crippen LogP contribution in [0.4, 0.5) is 0 Å². The normalized spacial score (nSPS) is 21.1. The predicted octanol–water partition coefficient (Wildman–Crippen LogP) is 1.64. The minimum Gasteiger partial charge on any atom is -0.315 e. The quantitative estimate of drug-likeness (QED) is 0.868. The van der Waals surface area contributed by atoms with Gasteiger partial charge in [-0.15, -0.1) is 11.3 Å². The van der Waals surface area contributed by atoms with Gasteiger partial charge in [-0.1, -0.05) is 0 Å². The first-order chi connectivity index (χ1) is 8.62. The van der Waals surface area contributed by atoms with Crippen molar-refractivity contribution in [1.29, 1.82) is 0 Å². The SMILES string of the molecule is CNCc1cc(S(=O)(=O)NC2CCCSC2)cs1. The van der Waals surface area contributed by atoms with Crippen molar-refractivity contribution < 1.29 is 8.42 Å².